The lowest BCUT2D eigenvalue weighted by Crippen LogP contribution is -2.55. The molecule has 1 aromatic carbocycles. The van der Waals surface area contributed by atoms with Gasteiger partial charge in [0, 0.05) is 24.6 Å². The Morgan fingerprint density at radius 2 is 2.05 bits per heavy atom. The number of rotatable bonds is 4. The minimum Gasteiger partial charge on any atom is -0.490 e. The molecular formula is C14H17F2NO3. The van der Waals surface area contributed by atoms with Crippen molar-refractivity contribution in [2.24, 2.45) is 0 Å². The molecule has 1 aromatic rings. The van der Waals surface area contributed by atoms with Gasteiger partial charge in [-0.25, -0.2) is 8.78 Å². The predicted molar refractivity (Wildman–Crippen MR) is 68.7 cm³/mol. The molecular weight excluding hydrogens is 268 g/mol. The van der Waals surface area contributed by atoms with Crippen molar-refractivity contribution < 1.29 is 23.4 Å². The number of carbonyl (C=O) groups is 1. The van der Waals surface area contributed by atoms with E-state index in [2.05, 4.69) is 5.32 Å². The number of nitrogens with one attached hydrogen (secondary N) is 1. The lowest BCUT2D eigenvalue weighted by molar-refractivity contribution is -0.147. The summed E-state index contributed by atoms with van der Waals surface area (Å²) >= 11 is 0. The average Bonchev–Trinajstić information content (AvgIpc) is 2.37. The molecule has 2 unspecified atom stereocenters. The lowest BCUT2D eigenvalue weighted by Gasteiger charge is -2.37. The van der Waals surface area contributed by atoms with Gasteiger partial charge >= 0.3 is 5.97 Å². The summed E-state index contributed by atoms with van der Waals surface area (Å²) in [5.74, 6) is -2.27. The number of carboxylic acid groups (broad SMARTS) is 1. The lowest BCUT2D eigenvalue weighted by atomic mass is 9.80. The number of ether oxygens (including phenoxy) is 1. The molecule has 1 aliphatic carbocycles. The van der Waals surface area contributed by atoms with Crippen molar-refractivity contribution >= 4 is 5.97 Å². The number of carboxylic acids is 1. The summed E-state index contributed by atoms with van der Waals surface area (Å²) < 4.78 is 31.7. The van der Waals surface area contributed by atoms with E-state index in [0.29, 0.717) is 19.3 Å². The third-order valence-corrected chi connectivity index (χ3v) is 3.73. The summed E-state index contributed by atoms with van der Waals surface area (Å²) in [5, 5.41) is 12.2. The molecule has 0 spiro atoms. The van der Waals surface area contributed by atoms with Gasteiger partial charge in [0.15, 0.2) is 0 Å². The molecule has 0 aliphatic heterocycles. The first-order valence-corrected chi connectivity index (χ1v) is 6.50. The van der Waals surface area contributed by atoms with Crippen LogP contribution in [0.2, 0.25) is 0 Å². The van der Waals surface area contributed by atoms with E-state index in [9.17, 15) is 18.7 Å². The summed E-state index contributed by atoms with van der Waals surface area (Å²) in [6.45, 7) is 0. The van der Waals surface area contributed by atoms with Gasteiger partial charge in [-0.05, 0) is 26.3 Å². The fourth-order valence-electron chi connectivity index (χ4n) is 2.64. The van der Waals surface area contributed by atoms with Crippen molar-refractivity contribution in [3.05, 3.63) is 29.8 Å². The normalized spacial score (nSPS) is 26.2. The predicted octanol–water partition coefficient (Wildman–Crippen LogP) is 2.33. The smallest absolute Gasteiger partial charge is 0.324 e. The van der Waals surface area contributed by atoms with Crippen molar-refractivity contribution in [2.75, 3.05) is 7.05 Å². The molecule has 0 amide bonds. The molecule has 0 saturated heterocycles. The van der Waals surface area contributed by atoms with Crippen LogP contribution in [0.5, 0.6) is 5.75 Å². The summed E-state index contributed by atoms with van der Waals surface area (Å²) in [7, 11) is 1.60. The van der Waals surface area contributed by atoms with Crippen LogP contribution in [0.3, 0.4) is 0 Å². The van der Waals surface area contributed by atoms with Gasteiger partial charge in [0.2, 0.25) is 0 Å². The third kappa shape index (κ3) is 3.07. The zero-order chi connectivity index (χ0) is 14.8. The van der Waals surface area contributed by atoms with Crippen LogP contribution in [0.25, 0.3) is 0 Å². The van der Waals surface area contributed by atoms with Crippen LogP contribution in [0.15, 0.2) is 18.2 Å². The average molecular weight is 285 g/mol. The van der Waals surface area contributed by atoms with Crippen LogP contribution >= 0.6 is 0 Å². The van der Waals surface area contributed by atoms with E-state index in [4.69, 9.17) is 4.74 Å². The van der Waals surface area contributed by atoms with Crippen LogP contribution in [0.1, 0.15) is 25.7 Å². The Morgan fingerprint density at radius 1 is 1.40 bits per heavy atom. The molecule has 1 aliphatic rings. The summed E-state index contributed by atoms with van der Waals surface area (Å²) in [6.07, 6.45) is 1.73. The van der Waals surface area contributed by atoms with Gasteiger partial charge in [-0.15, -0.1) is 0 Å². The van der Waals surface area contributed by atoms with Gasteiger partial charge in [-0.3, -0.25) is 4.79 Å². The first-order valence-electron chi connectivity index (χ1n) is 6.50. The molecule has 110 valence electrons. The summed E-state index contributed by atoms with van der Waals surface area (Å²) in [4.78, 5) is 11.4. The van der Waals surface area contributed by atoms with Gasteiger partial charge in [0.25, 0.3) is 0 Å². The monoisotopic (exact) mass is 285 g/mol. The molecule has 2 atom stereocenters. The van der Waals surface area contributed by atoms with Crippen LogP contribution in [-0.4, -0.2) is 29.8 Å². The van der Waals surface area contributed by atoms with Crippen LogP contribution < -0.4 is 10.1 Å². The second-order valence-electron chi connectivity index (χ2n) is 5.08. The van der Waals surface area contributed by atoms with Crippen molar-refractivity contribution in [1.82, 2.24) is 5.32 Å². The highest BCUT2D eigenvalue weighted by molar-refractivity contribution is 5.79. The van der Waals surface area contributed by atoms with E-state index in [-0.39, 0.29) is 18.3 Å². The number of hydrogen-bond donors (Lipinski definition) is 2. The zero-order valence-corrected chi connectivity index (χ0v) is 11.2. The Balaban J connectivity index is 2.11. The molecule has 2 N–H and O–H groups in total. The van der Waals surface area contributed by atoms with Crippen molar-refractivity contribution in [2.45, 2.75) is 37.3 Å². The SMILES string of the molecule is CNC1(C(=O)O)CCCC(Oc2cc(F)cc(F)c2)C1. The highest BCUT2D eigenvalue weighted by Gasteiger charge is 2.42. The van der Waals surface area contributed by atoms with Crippen molar-refractivity contribution in [1.29, 1.82) is 0 Å². The molecule has 6 heteroatoms. The van der Waals surface area contributed by atoms with Gasteiger partial charge in [-0.1, -0.05) is 0 Å². The second kappa shape index (κ2) is 5.75. The Bertz CT molecular complexity index is 489. The Labute approximate surface area is 115 Å². The molecule has 0 aromatic heterocycles. The Morgan fingerprint density at radius 3 is 2.60 bits per heavy atom. The maximum atomic E-state index is 13.1. The topological polar surface area (TPSA) is 58.6 Å². The molecule has 0 radical (unpaired) electrons. The first-order chi connectivity index (χ1) is 9.45. The van der Waals surface area contributed by atoms with Crippen molar-refractivity contribution in [3.63, 3.8) is 0 Å². The number of hydrogen-bond acceptors (Lipinski definition) is 3. The van der Waals surface area contributed by atoms with Gasteiger partial charge < -0.3 is 15.2 Å². The molecule has 1 fully saturated rings. The fourth-order valence-corrected chi connectivity index (χ4v) is 2.64. The Kier molecular flexibility index (Phi) is 4.23. The minimum absolute atomic E-state index is 0.0878. The van der Waals surface area contributed by atoms with E-state index in [1.54, 1.807) is 7.05 Å². The second-order valence-corrected chi connectivity index (χ2v) is 5.08. The number of aliphatic carboxylic acids is 1. The van der Waals surface area contributed by atoms with Crippen LogP contribution in [-0.2, 0) is 4.79 Å². The van der Waals surface area contributed by atoms with E-state index in [1.165, 1.54) is 0 Å². The van der Waals surface area contributed by atoms with E-state index >= 15 is 0 Å². The zero-order valence-electron chi connectivity index (χ0n) is 11.2. The molecule has 20 heavy (non-hydrogen) atoms. The molecule has 0 heterocycles. The maximum absolute atomic E-state index is 13.1. The maximum Gasteiger partial charge on any atom is 0.324 e. The molecule has 1 saturated carbocycles. The summed E-state index contributed by atoms with van der Waals surface area (Å²) in [5.41, 5.74) is -1.03. The first kappa shape index (κ1) is 14.7. The fraction of sp³-hybridized carbons (Fsp3) is 0.500. The molecule has 2 rings (SSSR count). The van der Waals surface area contributed by atoms with E-state index in [0.717, 1.165) is 18.2 Å². The standard InChI is InChI=1S/C14H17F2NO3/c1-17-14(13(18)19)4-2-3-11(8-14)20-12-6-9(15)5-10(16)7-12/h5-7,11,17H,2-4,8H2,1H3,(H,18,19). The van der Waals surface area contributed by atoms with E-state index in [1.807, 2.05) is 0 Å². The van der Waals surface area contributed by atoms with Gasteiger partial charge in [0.05, 0.1) is 0 Å². The highest BCUT2D eigenvalue weighted by Crippen LogP contribution is 2.31. The van der Waals surface area contributed by atoms with Crippen LogP contribution in [0, 0.1) is 11.6 Å². The number of halogens is 2. The molecule has 0 bridgehead atoms. The minimum atomic E-state index is -1.03. The third-order valence-electron chi connectivity index (χ3n) is 3.73. The molecule has 4 nitrogen and oxygen atoms in total. The van der Waals surface area contributed by atoms with Crippen LogP contribution in [0.4, 0.5) is 8.78 Å². The number of likely N-dealkylation sites (N-methyl/N-ethyl adjacent to an activating group) is 1. The van der Waals surface area contributed by atoms with Crippen molar-refractivity contribution in [3.8, 4) is 5.75 Å². The Hall–Kier alpha value is -1.69. The van der Waals surface area contributed by atoms with Gasteiger partial charge in [-0.2, -0.15) is 0 Å². The largest absolute Gasteiger partial charge is 0.490 e. The summed E-state index contributed by atoms with van der Waals surface area (Å²) in [6, 6.07) is 2.96. The quantitative estimate of drug-likeness (QED) is 0.891. The van der Waals surface area contributed by atoms with E-state index < -0.39 is 23.1 Å². The highest BCUT2D eigenvalue weighted by atomic mass is 19.1. The number of benzene rings is 1. The van der Waals surface area contributed by atoms with Gasteiger partial charge in [0.1, 0.15) is 29.0 Å².